The number of furan rings is 1. The van der Waals surface area contributed by atoms with Crippen molar-refractivity contribution in [2.75, 3.05) is 81.5 Å². The summed E-state index contributed by atoms with van der Waals surface area (Å²) >= 11 is 0. The minimum absolute atomic E-state index is 0.189. The molecule has 0 bridgehead atoms. The molecule has 1 fully saturated rings. The molecule has 5 rings (SSSR count). The number of nitrogens with zero attached hydrogens (tertiary/aromatic N) is 7. The van der Waals surface area contributed by atoms with Crippen LogP contribution in [-0.4, -0.2) is 96.4 Å². The molecule has 1 aromatic carbocycles. The van der Waals surface area contributed by atoms with Crippen LogP contribution in [0.2, 0.25) is 0 Å². The number of amides is 1. The van der Waals surface area contributed by atoms with Crippen molar-refractivity contribution < 1.29 is 18.3 Å². The van der Waals surface area contributed by atoms with E-state index in [1.165, 1.54) is 10.6 Å². The van der Waals surface area contributed by atoms with Gasteiger partial charge in [0.05, 0.1) is 12.0 Å². The van der Waals surface area contributed by atoms with Crippen molar-refractivity contribution in [1.29, 1.82) is 0 Å². The summed E-state index contributed by atoms with van der Waals surface area (Å²) in [6, 6.07) is 10.1. The molecule has 0 unspecified atom stereocenters. The molecule has 0 spiro atoms. The number of hydrogen-bond donors (Lipinski definition) is 3. The van der Waals surface area contributed by atoms with Gasteiger partial charge in [-0.1, -0.05) is 0 Å². The van der Waals surface area contributed by atoms with Crippen LogP contribution in [0.15, 0.2) is 47.1 Å². The van der Waals surface area contributed by atoms with E-state index in [1.54, 1.807) is 24.5 Å². The first kappa shape index (κ1) is 27.1. The lowest BCUT2D eigenvalue weighted by atomic mass is 10.2. The van der Waals surface area contributed by atoms with Gasteiger partial charge in [0.1, 0.15) is 17.3 Å². The van der Waals surface area contributed by atoms with Crippen molar-refractivity contribution >= 4 is 29.1 Å². The molecule has 3 aromatic heterocycles. The Kier molecular flexibility index (Phi) is 8.26. The number of carbonyl (C=O) groups is 1. The number of nitrogens with two attached hydrogens (primary N) is 2. The highest BCUT2D eigenvalue weighted by Crippen LogP contribution is 2.25. The molecule has 0 aliphatic carbocycles. The van der Waals surface area contributed by atoms with E-state index in [2.05, 4.69) is 25.3 Å². The first-order chi connectivity index (χ1) is 19.4. The standard InChI is InChI=1S/C26H33FN10O3/c1-34(26-31-23-16-20(22-3-2-14-39-22)33-37(23)25(29)32-26)8-9-35-10-12-36(13-11-35)21-5-4-18(15-19(21)27)40-17-24(38)30-7-6-28/h2-5,14-16H,6-13,17,28H2,1H3,(H,30,38)(H2,29,31,32). The minimum atomic E-state index is -0.381. The van der Waals surface area contributed by atoms with Gasteiger partial charge in [0.2, 0.25) is 11.9 Å². The van der Waals surface area contributed by atoms with E-state index >= 15 is 0 Å². The summed E-state index contributed by atoms with van der Waals surface area (Å²) in [6.07, 6.45) is 1.59. The maximum atomic E-state index is 14.8. The third-order valence-electron chi connectivity index (χ3n) is 6.67. The van der Waals surface area contributed by atoms with Crippen LogP contribution >= 0.6 is 0 Å². The first-order valence-electron chi connectivity index (χ1n) is 13.1. The number of nitrogen functional groups attached to an aromatic ring is 1. The minimum Gasteiger partial charge on any atom is -0.484 e. The highest BCUT2D eigenvalue weighted by molar-refractivity contribution is 5.77. The number of carbonyl (C=O) groups excluding carboxylic acids is 1. The molecule has 0 atom stereocenters. The summed E-state index contributed by atoms with van der Waals surface area (Å²) in [5, 5.41) is 7.04. The maximum absolute atomic E-state index is 14.8. The van der Waals surface area contributed by atoms with Gasteiger partial charge in [0.15, 0.2) is 18.0 Å². The highest BCUT2D eigenvalue weighted by Gasteiger charge is 2.21. The molecular formula is C26H33FN10O3. The third-order valence-corrected chi connectivity index (χ3v) is 6.67. The van der Waals surface area contributed by atoms with Crippen molar-refractivity contribution in [3.8, 4) is 17.2 Å². The second-order valence-corrected chi connectivity index (χ2v) is 9.45. The van der Waals surface area contributed by atoms with E-state index < -0.39 is 0 Å². The lowest BCUT2D eigenvalue weighted by Crippen LogP contribution is -2.48. The van der Waals surface area contributed by atoms with Gasteiger partial charge < -0.3 is 35.7 Å². The fourth-order valence-corrected chi connectivity index (χ4v) is 4.46. The summed E-state index contributed by atoms with van der Waals surface area (Å²) in [4.78, 5) is 27.0. The number of nitrogens with one attached hydrogen (secondary N) is 1. The van der Waals surface area contributed by atoms with E-state index in [-0.39, 0.29) is 24.3 Å². The number of piperazine rings is 1. The number of rotatable bonds is 11. The number of ether oxygens (including phenoxy) is 1. The van der Waals surface area contributed by atoms with Crippen LogP contribution in [0.5, 0.6) is 5.75 Å². The van der Waals surface area contributed by atoms with E-state index in [1.807, 2.05) is 29.0 Å². The molecule has 0 radical (unpaired) electrons. The Hall–Kier alpha value is -4.43. The van der Waals surface area contributed by atoms with Crippen LogP contribution in [0.25, 0.3) is 17.1 Å². The topological polar surface area (TPSA) is 156 Å². The van der Waals surface area contributed by atoms with Gasteiger partial charge in [-0.3, -0.25) is 9.69 Å². The summed E-state index contributed by atoms with van der Waals surface area (Å²) in [5.41, 5.74) is 13.3. The first-order valence-corrected chi connectivity index (χ1v) is 13.1. The molecular weight excluding hydrogens is 519 g/mol. The average Bonchev–Trinajstić information content (AvgIpc) is 3.65. The molecule has 13 nitrogen and oxygen atoms in total. The molecule has 40 heavy (non-hydrogen) atoms. The van der Waals surface area contributed by atoms with Crippen LogP contribution in [0.4, 0.5) is 22.0 Å². The zero-order chi connectivity index (χ0) is 28.1. The van der Waals surface area contributed by atoms with E-state index in [9.17, 15) is 9.18 Å². The molecule has 1 aliphatic rings. The second kappa shape index (κ2) is 12.2. The predicted molar refractivity (Wildman–Crippen MR) is 149 cm³/mol. The molecule has 4 aromatic rings. The number of likely N-dealkylation sites (N-methyl/N-ethyl adjacent to an activating group) is 1. The summed E-state index contributed by atoms with van der Waals surface area (Å²) < 4.78 is 27.1. The van der Waals surface area contributed by atoms with Crippen molar-refractivity contribution in [3.63, 3.8) is 0 Å². The molecule has 1 aliphatic heterocycles. The Morgan fingerprint density at radius 1 is 1.20 bits per heavy atom. The van der Waals surface area contributed by atoms with Crippen LogP contribution in [-0.2, 0) is 4.79 Å². The lowest BCUT2D eigenvalue weighted by Gasteiger charge is -2.36. The summed E-state index contributed by atoms with van der Waals surface area (Å²) in [5.74, 6) is 1.01. The van der Waals surface area contributed by atoms with Crippen LogP contribution in [0.1, 0.15) is 0 Å². The second-order valence-electron chi connectivity index (χ2n) is 9.45. The van der Waals surface area contributed by atoms with Crippen LogP contribution in [0, 0.1) is 5.82 Å². The smallest absolute Gasteiger partial charge is 0.257 e. The van der Waals surface area contributed by atoms with Gasteiger partial charge >= 0.3 is 0 Å². The monoisotopic (exact) mass is 552 g/mol. The molecule has 1 saturated heterocycles. The van der Waals surface area contributed by atoms with Gasteiger partial charge in [0, 0.05) is 71.5 Å². The van der Waals surface area contributed by atoms with E-state index in [0.717, 1.165) is 19.6 Å². The third kappa shape index (κ3) is 6.24. The summed E-state index contributed by atoms with van der Waals surface area (Å²) in [6.45, 7) is 4.94. The average molecular weight is 553 g/mol. The van der Waals surface area contributed by atoms with Crippen molar-refractivity contribution in [1.82, 2.24) is 29.8 Å². The number of aromatic nitrogens is 4. The van der Waals surface area contributed by atoms with Crippen LogP contribution < -0.4 is 31.3 Å². The Morgan fingerprint density at radius 3 is 2.75 bits per heavy atom. The quantitative estimate of drug-likeness (QED) is 0.242. The SMILES string of the molecule is CN(CCN1CCN(c2ccc(OCC(=O)NCCN)cc2F)CC1)c1nc(N)n2nc(-c3ccco3)cc2n1. The van der Waals surface area contributed by atoms with Crippen molar-refractivity contribution in [2.24, 2.45) is 5.73 Å². The van der Waals surface area contributed by atoms with Gasteiger partial charge in [0.25, 0.3) is 5.91 Å². The summed E-state index contributed by atoms with van der Waals surface area (Å²) in [7, 11) is 1.92. The molecule has 14 heteroatoms. The van der Waals surface area contributed by atoms with E-state index in [4.69, 9.17) is 20.6 Å². The van der Waals surface area contributed by atoms with Gasteiger partial charge in [-0.05, 0) is 24.3 Å². The lowest BCUT2D eigenvalue weighted by molar-refractivity contribution is -0.123. The fraction of sp³-hybridized carbons (Fsp3) is 0.385. The van der Waals surface area contributed by atoms with Gasteiger partial charge in [-0.25, -0.2) is 4.39 Å². The molecule has 0 saturated carbocycles. The Bertz CT molecular complexity index is 1440. The zero-order valence-corrected chi connectivity index (χ0v) is 22.3. The number of halogens is 1. The maximum Gasteiger partial charge on any atom is 0.257 e. The molecule has 1 amide bonds. The normalized spacial score (nSPS) is 14.0. The highest BCUT2D eigenvalue weighted by atomic mass is 19.1. The van der Waals surface area contributed by atoms with Crippen molar-refractivity contribution in [3.05, 3.63) is 48.5 Å². The predicted octanol–water partition coefficient (Wildman–Crippen LogP) is 0.818. The number of anilines is 3. The number of fused-ring (bicyclic) bond motifs is 1. The molecule has 212 valence electrons. The zero-order valence-electron chi connectivity index (χ0n) is 22.3. The number of hydrogen-bond acceptors (Lipinski definition) is 11. The fourth-order valence-electron chi connectivity index (χ4n) is 4.46. The largest absolute Gasteiger partial charge is 0.484 e. The Labute approximate surface area is 230 Å². The molecule has 4 heterocycles. The Balaban J connectivity index is 1.11. The molecule has 5 N–H and O–H groups in total. The van der Waals surface area contributed by atoms with Crippen molar-refractivity contribution in [2.45, 2.75) is 0 Å². The Morgan fingerprint density at radius 2 is 2.02 bits per heavy atom. The van der Waals surface area contributed by atoms with E-state index in [0.29, 0.717) is 67.2 Å². The number of benzene rings is 1. The van der Waals surface area contributed by atoms with Gasteiger partial charge in [-0.15, -0.1) is 0 Å². The van der Waals surface area contributed by atoms with Gasteiger partial charge in [-0.2, -0.15) is 19.6 Å². The van der Waals surface area contributed by atoms with Crippen LogP contribution in [0.3, 0.4) is 0 Å².